The Hall–Kier alpha value is -3.58. The predicted molar refractivity (Wildman–Crippen MR) is 166 cm³/mol. The van der Waals surface area contributed by atoms with E-state index >= 15 is 0 Å². The first-order valence-electron chi connectivity index (χ1n) is 14.0. The van der Waals surface area contributed by atoms with Crippen molar-refractivity contribution < 1.29 is 0 Å². The van der Waals surface area contributed by atoms with E-state index in [1.807, 2.05) is 6.08 Å². The van der Waals surface area contributed by atoms with Gasteiger partial charge in [0.2, 0.25) is 0 Å². The van der Waals surface area contributed by atoms with Gasteiger partial charge in [-0.25, -0.2) is 0 Å². The molecule has 1 atom stereocenters. The van der Waals surface area contributed by atoms with Crippen LogP contribution in [0.25, 0.3) is 16.7 Å². The standard InChI is InChI=1S/C37H43N/c1-9-12-24-37(32-21-16-19-30(26-32)29-18-15-20-31(25-29)36(6,7)8)35-23-14-13-22-34(35)33(17-10-2)28(5)38(37)27(4)11-3/h11,13-23,25-26H,3-5,9-10,12,24H2,1-2,6-8H3/b33-17+. The van der Waals surface area contributed by atoms with E-state index in [4.69, 9.17) is 0 Å². The molecule has 0 saturated carbocycles. The third-order valence-corrected chi connectivity index (χ3v) is 7.85. The Bertz CT molecular complexity index is 1380. The van der Waals surface area contributed by atoms with Crippen LogP contribution < -0.4 is 0 Å². The summed E-state index contributed by atoms with van der Waals surface area (Å²) in [5.41, 5.74) is 10.4. The van der Waals surface area contributed by atoms with Crippen LogP contribution in [0.1, 0.15) is 82.6 Å². The molecule has 0 fully saturated rings. The first kappa shape index (κ1) is 27.5. The molecule has 0 aliphatic carbocycles. The first-order valence-corrected chi connectivity index (χ1v) is 14.0. The largest absolute Gasteiger partial charge is 0.328 e. The van der Waals surface area contributed by atoms with Gasteiger partial charge in [0, 0.05) is 17.0 Å². The van der Waals surface area contributed by atoms with Gasteiger partial charge in [0.15, 0.2) is 0 Å². The minimum Gasteiger partial charge on any atom is -0.328 e. The Kier molecular flexibility index (Phi) is 7.97. The zero-order chi connectivity index (χ0) is 27.5. The van der Waals surface area contributed by atoms with Crippen molar-refractivity contribution in [1.82, 2.24) is 4.90 Å². The summed E-state index contributed by atoms with van der Waals surface area (Å²) in [6, 6.07) is 27.0. The molecule has 0 amide bonds. The van der Waals surface area contributed by atoms with Gasteiger partial charge in [-0.3, -0.25) is 0 Å². The number of hydrogen-bond donors (Lipinski definition) is 0. The van der Waals surface area contributed by atoms with Gasteiger partial charge < -0.3 is 4.90 Å². The van der Waals surface area contributed by atoms with Gasteiger partial charge in [-0.1, -0.05) is 140 Å². The van der Waals surface area contributed by atoms with Crippen LogP contribution in [0.3, 0.4) is 0 Å². The molecule has 1 aliphatic rings. The van der Waals surface area contributed by atoms with Gasteiger partial charge in [-0.2, -0.15) is 0 Å². The minimum absolute atomic E-state index is 0.0938. The van der Waals surface area contributed by atoms with E-state index < -0.39 is 5.54 Å². The van der Waals surface area contributed by atoms with Gasteiger partial charge in [0.25, 0.3) is 0 Å². The average Bonchev–Trinajstić information content (AvgIpc) is 2.93. The molecule has 196 valence electrons. The second kappa shape index (κ2) is 11.0. The van der Waals surface area contributed by atoms with Gasteiger partial charge in [-0.15, -0.1) is 0 Å². The fourth-order valence-electron chi connectivity index (χ4n) is 5.88. The fraction of sp³-hybridized carbons (Fsp3) is 0.297. The number of allylic oxidation sites excluding steroid dienone is 3. The normalized spacial score (nSPS) is 18.4. The number of nitrogens with zero attached hydrogens (tertiary/aromatic N) is 1. The maximum Gasteiger partial charge on any atom is 0.0960 e. The summed E-state index contributed by atoms with van der Waals surface area (Å²) >= 11 is 0. The Morgan fingerprint density at radius 1 is 0.921 bits per heavy atom. The summed E-state index contributed by atoms with van der Waals surface area (Å²) in [7, 11) is 0. The number of unbranched alkanes of at least 4 members (excludes halogenated alkanes) is 1. The van der Waals surface area contributed by atoms with Crippen LogP contribution in [0.4, 0.5) is 0 Å². The zero-order valence-electron chi connectivity index (χ0n) is 24.0. The lowest BCUT2D eigenvalue weighted by Gasteiger charge is -2.52. The summed E-state index contributed by atoms with van der Waals surface area (Å²) in [6.07, 6.45) is 8.26. The maximum absolute atomic E-state index is 4.66. The van der Waals surface area contributed by atoms with Crippen LogP contribution >= 0.6 is 0 Å². The summed E-state index contributed by atoms with van der Waals surface area (Å²) in [5, 5.41) is 0. The van der Waals surface area contributed by atoms with Gasteiger partial charge in [-0.05, 0) is 63.8 Å². The molecule has 0 spiro atoms. The van der Waals surface area contributed by atoms with Crippen molar-refractivity contribution in [2.45, 2.75) is 71.3 Å². The summed E-state index contributed by atoms with van der Waals surface area (Å²) in [6.45, 7) is 24.5. The minimum atomic E-state index is -0.433. The topological polar surface area (TPSA) is 3.24 Å². The van der Waals surface area contributed by atoms with Crippen LogP contribution in [-0.4, -0.2) is 4.90 Å². The Morgan fingerprint density at radius 2 is 1.61 bits per heavy atom. The molecule has 0 N–H and O–H groups in total. The van der Waals surface area contributed by atoms with Gasteiger partial charge in [0.1, 0.15) is 0 Å². The second-order valence-electron chi connectivity index (χ2n) is 11.4. The van der Waals surface area contributed by atoms with E-state index in [1.54, 1.807) is 0 Å². The molecular formula is C37H43N. The highest BCUT2D eigenvalue weighted by Gasteiger charge is 2.47. The molecule has 1 unspecified atom stereocenters. The molecule has 1 heteroatoms. The van der Waals surface area contributed by atoms with Crippen LogP contribution in [0, 0.1) is 0 Å². The molecule has 0 bridgehead atoms. The SMILES string of the molecule is C=CC(=C)N1C(=C)/C(=C\CC)c2ccccc2C1(CCCC)c1cccc(-c2cccc(C(C)(C)C)c2)c1. The highest BCUT2D eigenvalue weighted by molar-refractivity contribution is 5.84. The number of hydrogen-bond acceptors (Lipinski definition) is 1. The van der Waals surface area contributed by atoms with Crippen LogP contribution in [-0.2, 0) is 11.0 Å². The molecule has 3 aromatic rings. The molecule has 0 radical (unpaired) electrons. The molecular weight excluding hydrogens is 458 g/mol. The lowest BCUT2D eigenvalue weighted by molar-refractivity contribution is 0.206. The monoisotopic (exact) mass is 501 g/mol. The van der Waals surface area contributed by atoms with E-state index in [2.05, 4.69) is 138 Å². The first-order chi connectivity index (χ1) is 18.2. The third-order valence-electron chi connectivity index (χ3n) is 7.85. The van der Waals surface area contributed by atoms with E-state index in [1.165, 1.54) is 39.0 Å². The van der Waals surface area contributed by atoms with Crippen LogP contribution in [0.2, 0.25) is 0 Å². The van der Waals surface area contributed by atoms with Crippen molar-refractivity contribution in [2.75, 3.05) is 0 Å². The third kappa shape index (κ3) is 4.83. The van der Waals surface area contributed by atoms with Crippen LogP contribution in [0.15, 0.2) is 116 Å². The molecule has 3 aromatic carbocycles. The smallest absolute Gasteiger partial charge is 0.0960 e. The maximum atomic E-state index is 4.66. The summed E-state index contributed by atoms with van der Waals surface area (Å²) in [5.74, 6) is 0. The molecule has 1 heterocycles. The van der Waals surface area contributed by atoms with Crippen molar-refractivity contribution in [2.24, 2.45) is 0 Å². The molecule has 1 aliphatic heterocycles. The Morgan fingerprint density at radius 3 is 2.26 bits per heavy atom. The molecule has 0 saturated heterocycles. The number of rotatable bonds is 8. The molecule has 0 aromatic heterocycles. The lowest BCUT2D eigenvalue weighted by atomic mass is 9.70. The highest BCUT2D eigenvalue weighted by atomic mass is 15.2. The van der Waals surface area contributed by atoms with E-state index in [0.29, 0.717) is 0 Å². The Balaban J connectivity index is 2.03. The van der Waals surface area contributed by atoms with E-state index in [0.717, 1.165) is 37.1 Å². The highest BCUT2D eigenvalue weighted by Crippen LogP contribution is 2.53. The van der Waals surface area contributed by atoms with E-state index in [9.17, 15) is 0 Å². The van der Waals surface area contributed by atoms with Gasteiger partial charge in [0.05, 0.1) is 5.54 Å². The van der Waals surface area contributed by atoms with Crippen molar-refractivity contribution in [3.8, 4) is 11.1 Å². The predicted octanol–water partition coefficient (Wildman–Crippen LogP) is 10.4. The number of benzene rings is 3. The second-order valence-corrected chi connectivity index (χ2v) is 11.4. The summed E-state index contributed by atoms with van der Waals surface area (Å²) in [4.78, 5) is 2.37. The average molecular weight is 502 g/mol. The zero-order valence-corrected chi connectivity index (χ0v) is 24.0. The molecule has 1 nitrogen and oxygen atoms in total. The quantitative estimate of drug-likeness (QED) is 0.277. The summed E-state index contributed by atoms with van der Waals surface area (Å²) < 4.78 is 0. The van der Waals surface area contributed by atoms with Crippen molar-refractivity contribution >= 4 is 5.57 Å². The fourth-order valence-corrected chi connectivity index (χ4v) is 5.88. The van der Waals surface area contributed by atoms with Crippen molar-refractivity contribution in [1.29, 1.82) is 0 Å². The lowest BCUT2D eigenvalue weighted by Crippen LogP contribution is -2.48. The Labute approximate surface area is 230 Å². The van der Waals surface area contributed by atoms with E-state index in [-0.39, 0.29) is 5.41 Å². The molecule has 38 heavy (non-hydrogen) atoms. The van der Waals surface area contributed by atoms with Gasteiger partial charge >= 0.3 is 0 Å². The van der Waals surface area contributed by atoms with Crippen molar-refractivity contribution in [3.63, 3.8) is 0 Å². The van der Waals surface area contributed by atoms with Crippen molar-refractivity contribution in [3.05, 3.63) is 138 Å². The van der Waals surface area contributed by atoms with Crippen LogP contribution in [0.5, 0.6) is 0 Å². The molecule has 4 rings (SSSR count). The number of fused-ring (bicyclic) bond motifs is 1.